The Hall–Kier alpha value is -3.92. The third-order valence-electron chi connectivity index (χ3n) is 8.81. The van der Waals surface area contributed by atoms with Gasteiger partial charge in [-0.2, -0.15) is 0 Å². The molecule has 0 amide bonds. The minimum absolute atomic E-state index is 0.217. The van der Waals surface area contributed by atoms with Crippen LogP contribution in [0, 0.1) is 0 Å². The topological polar surface area (TPSA) is 36.9 Å². The van der Waals surface area contributed by atoms with Gasteiger partial charge < -0.3 is 18.9 Å². The fraction of sp³-hybridized carbons (Fsp3) is 0.351. The maximum atomic E-state index is 5.94. The van der Waals surface area contributed by atoms with E-state index >= 15 is 0 Å². The summed E-state index contributed by atoms with van der Waals surface area (Å²) in [7, 11) is 6.87. The summed E-state index contributed by atoms with van der Waals surface area (Å²) in [5.41, 5.74) is 6.21. The standard InChI is InChI=1S/C37H44O4/c1-35(2,25-11-17-29(38-7)18-12-25)27-15-21-34(41-10)32(23-27)37(5,6)28-16-22-33(40-9)31(24-28)36(3,4)26-13-19-30(39-8)20-14-26/h11-24H,1-10H3. The van der Waals surface area contributed by atoms with E-state index in [-0.39, 0.29) is 16.2 Å². The molecule has 4 aromatic carbocycles. The number of hydrogen-bond donors (Lipinski definition) is 0. The van der Waals surface area contributed by atoms with Gasteiger partial charge in [0.05, 0.1) is 28.4 Å². The van der Waals surface area contributed by atoms with Crippen LogP contribution in [0.15, 0.2) is 84.9 Å². The largest absolute Gasteiger partial charge is 0.497 e. The zero-order valence-electron chi connectivity index (χ0n) is 26.2. The highest BCUT2D eigenvalue weighted by atomic mass is 16.5. The van der Waals surface area contributed by atoms with Crippen molar-refractivity contribution in [1.29, 1.82) is 0 Å². The van der Waals surface area contributed by atoms with Crippen LogP contribution in [-0.2, 0) is 16.2 Å². The van der Waals surface area contributed by atoms with Gasteiger partial charge in [0.15, 0.2) is 0 Å². The van der Waals surface area contributed by atoms with Crippen LogP contribution in [0.1, 0.15) is 74.9 Å². The lowest BCUT2D eigenvalue weighted by Crippen LogP contribution is -2.25. The molecule has 4 rings (SSSR count). The molecule has 4 heteroatoms. The Bertz CT molecular complexity index is 1480. The van der Waals surface area contributed by atoms with Crippen LogP contribution in [0.25, 0.3) is 0 Å². The van der Waals surface area contributed by atoms with E-state index in [2.05, 4.69) is 102 Å². The molecule has 0 aliphatic heterocycles. The van der Waals surface area contributed by atoms with Crippen molar-refractivity contribution in [3.8, 4) is 23.0 Å². The van der Waals surface area contributed by atoms with E-state index in [9.17, 15) is 0 Å². The van der Waals surface area contributed by atoms with Gasteiger partial charge in [-0.1, -0.05) is 90.1 Å². The second kappa shape index (κ2) is 11.5. The monoisotopic (exact) mass is 552 g/mol. The van der Waals surface area contributed by atoms with Crippen molar-refractivity contribution in [2.45, 2.75) is 57.8 Å². The van der Waals surface area contributed by atoms with Crippen LogP contribution in [0.2, 0.25) is 0 Å². The molecule has 0 saturated carbocycles. The van der Waals surface area contributed by atoms with Crippen molar-refractivity contribution in [3.63, 3.8) is 0 Å². The number of methoxy groups -OCH3 is 4. The molecular weight excluding hydrogens is 508 g/mol. The molecule has 0 aromatic heterocycles. The first-order valence-electron chi connectivity index (χ1n) is 14.1. The lowest BCUT2D eigenvalue weighted by atomic mass is 9.71. The van der Waals surface area contributed by atoms with Crippen LogP contribution >= 0.6 is 0 Å². The summed E-state index contributed by atoms with van der Waals surface area (Å²) < 4.78 is 22.6. The second-order valence-electron chi connectivity index (χ2n) is 12.2. The van der Waals surface area contributed by atoms with Crippen molar-refractivity contribution in [1.82, 2.24) is 0 Å². The maximum absolute atomic E-state index is 5.94. The number of benzene rings is 4. The molecule has 0 aliphatic rings. The molecule has 216 valence electrons. The Balaban J connectivity index is 1.82. The van der Waals surface area contributed by atoms with Crippen molar-refractivity contribution in [2.75, 3.05) is 28.4 Å². The minimum Gasteiger partial charge on any atom is -0.497 e. The number of hydrogen-bond acceptors (Lipinski definition) is 4. The smallest absolute Gasteiger partial charge is 0.122 e. The average molecular weight is 553 g/mol. The summed E-state index contributed by atoms with van der Waals surface area (Å²) in [5, 5.41) is 0. The van der Waals surface area contributed by atoms with Crippen molar-refractivity contribution >= 4 is 0 Å². The molecule has 0 saturated heterocycles. The van der Waals surface area contributed by atoms with E-state index in [1.165, 1.54) is 22.3 Å². The third-order valence-corrected chi connectivity index (χ3v) is 8.81. The van der Waals surface area contributed by atoms with Crippen LogP contribution in [0.5, 0.6) is 23.0 Å². The molecule has 0 atom stereocenters. The van der Waals surface area contributed by atoms with Gasteiger partial charge in [-0.05, 0) is 58.7 Å². The van der Waals surface area contributed by atoms with Crippen molar-refractivity contribution in [2.24, 2.45) is 0 Å². The Morgan fingerprint density at radius 1 is 0.366 bits per heavy atom. The fourth-order valence-electron chi connectivity index (χ4n) is 5.66. The molecule has 0 N–H and O–H groups in total. The maximum Gasteiger partial charge on any atom is 0.122 e. The minimum atomic E-state index is -0.353. The van der Waals surface area contributed by atoms with E-state index in [0.29, 0.717) is 0 Å². The molecule has 4 nitrogen and oxygen atoms in total. The van der Waals surface area contributed by atoms with Crippen molar-refractivity contribution in [3.05, 3.63) is 118 Å². The Morgan fingerprint density at radius 2 is 0.683 bits per heavy atom. The Morgan fingerprint density at radius 3 is 1.05 bits per heavy atom. The zero-order chi connectivity index (χ0) is 30.0. The van der Waals surface area contributed by atoms with Crippen LogP contribution in [-0.4, -0.2) is 28.4 Å². The summed E-state index contributed by atoms with van der Waals surface area (Å²) in [4.78, 5) is 0. The number of ether oxygens (including phenoxy) is 4. The Labute approximate surface area is 246 Å². The van der Waals surface area contributed by atoms with Gasteiger partial charge in [0.1, 0.15) is 23.0 Å². The van der Waals surface area contributed by atoms with E-state index in [4.69, 9.17) is 18.9 Å². The molecule has 0 aliphatic carbocycles. The zero-order valence-corrected chi connectivity index (χ0v) is 26.2. The van der Waals surface area contributed by atoms with Gasteiger partial charge in [-0.25, -0.2) is 0 Å². The van der Waals surface area contributed by atoms with Crippen molar-refractivity contribution < 1.29 is 18.9 Å². The molecule has 4 aromatic rings. The van der Waals surface area contributed by atoms with Gasteiger partial charge in [0.2, 0.25) is 0 Å². The average Bonchev–Trinajstić information content (AvgIpc) is 3.00. The van der Waals surface area contributed by atoms with E-state index < -0.39 is 0 Å². The summed E-state index contributed by atoms with van der Waals surface area (Å²) in [6.45, 7) is 13.5. The molecule has 0 unspecified atom stereocenters. The molecule has 0 bridgehead atoms. The van der Waals surface area contributed by atoms with E-state index in [1.54, 1.807) is 28.4 Å². The third kappa shape index (κ3) is 5.66. The molecule has 0 fully saturated rings. The highest BCUT2D eigenvalue weighted by Crippen LogP contribution is 2.45. The second-order valence-corrected chi connectivity index (χ2v) is 12.2. The quantitative estimate of drug-likeness (QED) is 0.197. The summed E-state index contributed by atoms with van der Waals surface area (Å²) in [5.74, 6) is 3.44. The van der Waals surface area contributed by atoms with E-state index in [0.717, 1.165) is 34.1 Å². The highest BCUT2D eigenvalue weighted by molar-refractivity contribution is 5.55. The highest BCUT2D eigenvalue weighted by Gasteiger charge is 2.33. The summed E-state index contributed by atoms with van der Waals surface area (Å²) in [6.07, 6.45) is 0. The lowest BCUT2D eigenvalue weighted by molar-refractivity contribution is 0.396. The first-order valence-corrected chi connectivity index (χ1v) is 14.1. The molecule has 0 heterocycles. The van der Waals surface area contributed by atoms with Gasteiger partial charge >= 0.3 is 0 Å². The van der Waals surface area contributed by atoms with Crippen LogP contribution in [0.3, 0.4) is 0 Å². The predicted molar refractivity (Wildman–Crippen MR) is 168 cm³/mol. The molecule has 41 heavy (non-hydrogen) atoms. The Kier molecular flexibility index (Phi) is 8.44. The fourth-order valence-corrected chi connectivity index (χ4v) is 5.66. The first-order chi connectivity index (χ1) is 19.4. The predicted octanol–water partition coefficient (Wildman–Crippen LogP) is 8.70. The summed E-state index contributed by atoms with van der Waals surface area (Å²) in [6, 6.07) is 29.8. The molecule has 0 spiro atoms. The van der Waals surface area contributed by atoms with Gasteiger partial charge in [0, 0.05) is 27.4 Å². The normalized spacial score (nSPS) is 12.1. The number of rotatable bonds is 10. The lowest BCUT2D eigenvalue weighted by Gasteiger charge is -2.34. The van der Waals surface area contributed by atoms with E-state index in [1.807, 2.05) is 24.3 Å². The SMILES string of the molecule is COc1ccc(C(C)(C)c2ccc(OC)c(C(C)(C)c3ccc(OC)c(C(C)(C)c4ccc(OC)cc4)c3)c2)cc1. The van der Waals surface area contributed by atoms with Gasteiger partial charge in [-0.15, -0.1) is 0 Å². The van der Waals surface area contributed by atoms with Gasteiger partial charge in [0.25, 0.3) is 0 Å². The summed E-state index contributed by atoms with van der Waals surface area (Å²) >= 11 is 0. The van der Waals surface area contributed by atoms with Gasteiger partial charge in [-0.3, -0.25) is 0 Å². The van der Waals surface area contributed by atoms with Crippen LogP contribution in [0.4, 0.5) is 0 Å². The first kappa shape index (κ1) is 30.0. The van der Waals surface area contributed by atoms with Crippen LogP contribution < -0.4 is 18.9 Å². The molecular formula is C37H44O4. The molecule has 0 radical (unpaired) electrons.